The fourth-order valence-corrected chi connectivity index (χ4v) is 3.85. The standard InChI is InChI=1S/C12H20N2O3S/c1-9(13)6-11-8-17-12(14-11)7-10-2-4-18(15,16)5-3-10/h8-10H,2-7,13H2,1H3. The van der Waals surface area contributed by atoms with Crippen LogP contribution in [0.25, 0.3) is 0 Å². The van der Waals surface area contributed by atoms with E-state index in [0.717, 1.165) is 12.1 Å². The molecule has 0 aromatic carbocycles. The summed E-state index contributed by atoms with van der Waals surface area (Å²) in [6.07, 6.45) is 4.52. The zero-order valence-corrected chi connectivity index (χ0v) is 11.4. The number of aromatic nitrogens is 1. The Morgan fingerprint density at radius 3 is 2.78 bits per heavy atom. The first-order valence-corrected chi connectivity index (χ1v) is 8.16. The third-order valence-electron chi connectivity index (χ3n) is 3.27. The summed E-state index contributed by atoms with van der Waals surface area (Å²) in [5.41, 5.74) is 6.58. The van der Waals surface area contributed by atoms with Crippen molar-refractivity contribution in [1.82, 2.24) is 4.98 Å². The molecule has 102 valence electrons. The molecule has 6 heteroatoms. The summed E-state index contributed by atoms with van der Waals surface area (Å²) in [6, 6.07) is 0.0720. The Morgan fingerprint density at radius 1 is 1.50 bits per heavy atom. The van der Waals surface area contributed by atoms with Gasteiger partial charge in [0.2, 0.25) is 0 Å². The quantitative estimate of drug-likeness (QED) is 0.881. The van der Waals surface area contributed by atoms with E-state index in [0.29, 0.717) is 42.6 Å². The molecular weight excluding hydrogens is 252 g/mol. The van der Waals surface area contributed by atoms with Gasteiger partial charge in [0, 0.05) is 18.9 Å². The van der Waals surface area contributed by atoms with Crippen LogP contribution in [0.2, 0.25) is 0 Å². The van der Waals surface area contributed by atoms with Crippen molar-refractivity contribution in [2.75, 3.05) is 11.5 Å². The lowest BCUT2D eigenvalue weighted by atomic mass is 9.99. The van der Waals surface area contributed by atoms with Crippen LogP contribution in [0.4, 0.5) is 0 Å². The van der Waals surface area contributed by atoms with E-state index in [4.69, 9.17) is 10.2 Å². The lowest BCUT2D eigenvalue weighted by Gasteiger charge is -2.20. The van der Waals surface area contributed by atoms with Gasteiger partial charge in [0.05, 0.1) is 17.2 Å². The van der Waals surface area contributed by atoms with E-state index in [2.05, 4.69) is 4.98 Å². The van der Waals surface area contributed by atoms with Gasteiger partial charge in [-0.3, -0.25) is 0 Å². The maximum absolute atomic E-state index is 11.3. The Hall–Kier alpha value is -0.880. The van der Waals surface area contributed by atoms with Gasteiger partial charge >= 0.3 is 0 Å². The fourth-order valence-electron chi connectivity index (χ4n) is 2.26. The van der Waals surface area contributed by atoms with Crippen molar-refractivity contribution in [1.29, 1.82) is 0 Å². The van der Waals surface area contributed by atoms with Gasteiger partial charge in [0.25, 0.3) is 0 Å². The van der Waals surface area contributed by atoms with Crippen LogP contribution in [0.5, 0.6) is 0 Å². The van der Waals surface area contributed by atoms with E-state index in [1.165, 1.54) is 0 Å². The summed E-state index contributed by atoms with van der Waals surface area (Å²) in [6.45, 7) is 1.93. The molecule has 1 saturated heterocycles. The van der Waals surface area contributed by atoms with Crippen LogP contribution in [-0.2, 0) is 22.7 Å². The number of hydrogen-bond acceptors (Lipinski definition) is 5. The van der Waals surface area contributed by atoms with Gasteiger partial charge < -0.3 is 10.2 Å². The summed E-state index contributed by atoms with van der Waals surface area (Å²) >= 11 is 0. The SMILES string of the molecule is CC(N)Cc1coc(CC2CCS(=O)(=O)CC2)n1. The van der Waals surface area contributed by atoms with E-state index in [9.17, 15) is 8.42 Å². The van der Waals surface area contributed by atoms with Gasteiger partial charge in [-0.05, 0) is 25.7 Å². The molecule has 0 amide bonds. The van der Waals surface area contributed by atoms with Gasteiger partial charge in [-0.25, -0.2) is 13.4 Å². The van der Waals surface area contributed by atoms with Gasteiger partial charge in [-0.1, -0.05) is 0 Å². The van der Waals surface area contributed by atoms with Gasteiger partial charge in [0.1, 0.15) is 16.1 Å². The molecule has 0 saturated carbocycles. The predicted octanol–water partition coefficient (Wildman–Crippen LogP) is 0.932. The third-order valence-corrected chi connectivity index (χ3v) is 4.98. The molecule has 1 fully saturated rings. The maximum atomic E-state index is 11.3. The molecule has 2 N–H and O–H groups in total. The summed E-state index contributed by atoms with van der Waals surface area (Å²) in [7, 11) is -2.79. The van der Waals surface area contributed by atoms with E-state index in [-0.39, 0.29) is 6.04 Å². The molecule has 0 spiro atoms. The van der Waals surface area contributed by atoms with Crippen molar-refractivity contribution in [3.05, 3.63) is 17.8 Å². The highest BCUT2D eigenvalue weighted by Gasteiger charge is 2.24. The van der Waals surface area contributed by atoms with Gasteiger partial charge in [-0.2, -0.15) is 0 Å². The van der Waals surface area contributed by atoms with Gasteiger partial charge in [-0.15, -0.1) is 0 Å². The van der Waals surface area contributed by atoms with Crippen LogP contribution >= 0.6 is 0 Å². The molecule has 1 unspecified atom stereocenters. The van der Waals surface area contributed by atoms with Crippen LogP contribution in [0, 0.1) is 5.92 Å². The number of nitrogens with zero attached hydrogens (tertiary/aromatic N) is 1. The molecular formula is C12H20N2O3S. The molecule has 1 aliphatic rings. The molecule has 1 aliphatic heterocycles. The monoisotopic (exact) mass is 272 g/mol. The molecule has 0 radical (unpaired) electrons. The van der Waals surface area contributed by atoms with E-state index in [1.54, 1.807) is 6.26 Å². The van der Waals surface area contributed by atoms with Crippen molar-refractivity contribution in [3.63, 3.8) is 0 Å². The van der Waals surface area contributed by atoms with Crippen molar-refractivity contribution < 1.29 is 12.8 Å². The molecule has 0 bridgehead atoms. The van der Waals surface area contributed by atoms with Crippen LogP contribution in [0.1, 0.15) is 31.4 Å². The van der Waals surface area contributed by atoms with Gasteiger partial charge in [0.15, 0.2) is 5.89 Å². The molecule has 18 heavy (non-hydrogen) atoms. The number of oxazole rings is 1. The average molecular weight is 272 g/mol. The Morgan fingerprint density at radius 2 is 2.17 bits per heavy atom. The first-order chi connectivity index (χ1) is 8.44. The molecule has 2 heterocycles. The topological polar surface area (TPSA) is 86.2 Å². The minimum Gasteiger partial charge on any atom is -0.449 e. The summed E-state index contributed by atoms with van der Waals surface area (Å²) in [5, 5.41) is 0. The van der Waals surface area contributed by atoms with Crippen molar-refractivity contribution in [3.8, 4) is 0 Å². The first kappa shape index (κ1) is 13.5. The Balaban J connectivity index is 1.88. The Kier molecular flexibility index (Phi) is 4.07. The number of hydrogen-bond donors (Lipinski definition) is 1. The summed E-state index contributed by atoms with van der Waals surface area (Å²) in [5.74, 6) is 1.67. The molecule has 2 rings (SSSR count). The minimum absolute atomic E-state index is 0.0720. The molecule has 1 aromatic rings. The van der Waals surface area contributed by atoms with Crippen LogP contribution < -0.4 is 5.73 Å². The molecule has 5 nitrogen and oxygen atoms in total. The second-order valence-electron chi connectivity index (χ2n) is 5.21. The van der Waals surface area contributed by atoms with Crippen LogP contribution in [0.3, 0.4) is 0 Å². The highest BCUT2D eigenvalue weighted by Crippen LogP contribution is 2.22. The fraction of sp³-hybridized carbons (Fsp3) is 0.750. The minimum atomic E-state index is -2.79. The summed E-state index contributed by atoms with van der Waals surface area (Å²) < 4.78 is 28.0. The van der Waals surface area contributed by atoms with Crippen LogP contribution in [0.15, 0.2) is 10.7 Å². The molecule has 1 atom stereocenters. The van der Waals surface area contributed by atoms with Crippen LogP contribution in [-0.4, -0.2) is 30.9 Å². The Labute approximate surface area is 108 Å². The van der Waals surface area contributed by atoms with Crippen molar-refractivity contribution >= 4 is 9.84 Å². The van der Waals surface area contributed by atoms with Crippen molar-refractivity contribution in [2.24, 2.45) is 11.7 Å². The number of sulfone groups is 1. The highest BCUT2D eigenvalue weighted by molar-refractivity contribution is 7.91. The molecule has 1 aromatic heterocycles. The zero-order valence-electron chi connectivity index (χ0n) is 10.6. The number of nitrogens with two attached hydrogens (primary N) is 1. The zero-order chi connectivity index (χ0) is 13.2. The third kappa shape index (κ3) is 3.81. The normalized spacial score (nSPS) is 21.9. The largest absolute Gasteiger partial charge is 0.449 e. The van der Waals surface area contributed by atoms with Crippen molar-refractivity contribution in [2.45, 2.75) is 38.6 Å². The number of rotatable bonds is 4. The Bertz CT molecular complexity index is 479. The highest BCUT2D eigenvalue weighted by atomic mass is 32.2. The van der Waals surface area contributed by atoms with E-state index >= 15 is 0 Å². The second kappa shape index (κ2) is 5.40. The molecule has 0 aliphatic carbocycles. The van der Waals surface area contributed by atoms with E-state index in [1.807, 2.05) is 6.92 Å². The predicted molar refractivity (Wildman–Crippen MR) is 68.9 cm³/mol. The van der Waals surface area contributed by atoms with E-state index < -0.39 is 9.84 Å². The maximum Gasteiger partial charge on any atom is 0.194 e. The second-order valence-corrected chi connectivity index (χ2v) is 7.52. The lowest BCUT2D eigenvalue weighted by Crippen LogP contribution is -2.24. The smallest absolute Gasteiger partial charge is 0.194 e. The first-order valence-electron chi connectivity index (χ1n) is 6.34. The lowest BCUT2D eigenvalue weighted by molar-refractivity contribution is 0.399. The summed E-state index contributed by atoms with van der Waals surface area (Å²) in [4.78, 5) is 4.38. The average Bonchev–Trinajstić information content (AvgIpc) is 2.68.